The number of sulfonamides is 1. The summed E-state index contributed by atoms with van der Waals surface area (Å²) in [5, 5.41) is 13.9. The Morgan fingerprint density at radius 3 is 2.79 bits per heavy atom. The van der Waals surface area contributed by atoms with Gasteiger partial charge in [-0.15, -0.1) is 10.2 Å². The minimum absolute atomic E-state index is 0.0101. The zero-order valence-electron chi connectivity index (χ0n) is 13.0. The van der Waals surface area contributed by atoms with Gasteiger partial charge in [0.25, 0.3) is 0 Å². The second-order valence-electron chi connectivity index (χ2n) is 5.86. The largest absolute Gasteiger partial charge is 0.265 e. The van der Waals surface area contributed by atoms with E-state index in [4.69, 9.17) is 0 Å². The number of fused-ring (bicyclic) bond motifs is 1. The van der Waals surface area contributed by atoms with Crippen LogP contribution in [0.1, 0.15) is 24.6 Å². The van der Waals surface area contributed by atoms with Gasteiger partial charge >= 0.3 is 0 Å². The Labute approximate surface area is 143 Å². The molecular formula is C14H16N6O2S2. The van der Waals surface area contributed by atoms with Crippen LogP contribution >= 0.6 is 11.3 Å². The van der Waals surface area contributed by atoms with Crippen LogP contribution < -0.4 is 0 Å². The van der Waals surface area contributed by atoms with Crippen molar-refractivity contribution in [1.29, 1.82) is 0 Å². The van der Waals surface area contributed by atoms with Crippen LogP contribution in [0.15, 0.2) is 24.5 Å². The lowest BCUT2D eigenvalue weighted by atomic mass is 9.99. The van der Waals surface area contributed by atoms with Crippen molar-refractivity contribution in [2.75, 3.05) is 19.3 Å². The third kappa shape index (κ3) is 2.80. The summed E-state index contributed by atoms with van der Waals surface area (Å²) in [4.78, 5) is 4.73. The molecule has 4 heterocycles. The minimum atomic E-state index is -3.19. The molecule has 1 fully saturated rings. The number of hydrogen-bond donors (Lipinski definition) is 0. The number of pyridine rings is 1. The molecule has 0 bridgehead atoms. The normalized spacial score (nSPS) is 19.8. The highest BCUT2D eigenvalue weighted by atomic mass is 32.2. The lowest BCUT2D eigenvalue weighted by Gasteiger charge is -2.29. The molecule has 1 saturated heterocycles. The predicted octanol–water partition coefficient (Wildman–Crippen LogP) is 1.39. The van der Waals surface area contributed by atoms with Crippen molar-refractivity contribution in [3.63, 3.8) is 0 Å². The van der Waals surface area contributed by atoms with E-state index >= 15 is 0 Å². The summed E-state index contributed by atoms with van der Waals surface area (Å²) in [6.07, 6.45) is 6.40. The quantitative estimate of drug-likeness (QED) is 0.697. The maximum absolute atomic E-state index is 11.8. The Balaban J connectivity index is 1.69. The molecule has 126 valence electrons. The van der Waals surface area contributed by atoms with Gasteiger partial charge in [-0.05, 0) is 25.0 Å². The molecule has 10 heteroatoms. The fraction of sp³-hybridized carbons (Fsp3) is 0.429. The molecule has 1 aliphatic rings. The van der Waals surface area contributed by atoms with E-state index in [2.05, 4.69) is 20.3 Å². The molecule has 1 unspecified atom stereocenters. The summed E-state index contributed by atoms with van der Waals surface area (Å²) in [5.41, 5.74) is 0.979. The van der Waals surface area contributed by atoms with Gasteiger partial charge < -0.3 is 0 Å². The van der Waals surface area contributed by atoms with E-state index in [-0.39, 0.29) is 5.92 Å². The smallest absolute Gasteiger partial charge is 0.234 e. The Morgan fingerprint density at radius 1 is 1.25 bits per heavy atom. The predicted molar refractivity (Wildman–Crippen MR) is 90.3 cm³/mol. The molecule has 0 saturated carbocycles. The lowest BCUT2D eigenvalue weighted by Crippen LogP contribution is -2.38. The van der Waals surface area contributed by atoms with Crippen molar-refractivity contribution < 1.29 is 8.42 Å². The molecular weight excluding hydrogens is 348 g/mol. The highest BCUT2D eigenvalue weighted by Crippen LogP contribution is 2.30. The van der Waals surface area contributed by atoms with E-state index in [9.17, 15) is 8.42 Å². The fourth-order valence-electron chi connectivity index (χ4n) is 2.95. The zero-order valence-corrected chi connectivity index (χ0v) is 14.7. The van der Waals surface area contributed by atoms with Crippen molar-refractivity contribution in [3.05, 3.63) is 30.4 Å². The van der Waals surface area contributed by atoms with Crippen molar-refractivity contribution in [1.82, 2.24) is 29.1 Å². The number of hydrogen-bond acceptors (Lipinski definition) is 7. The first-order valence-corrected chi connectivity index (χ1v) is 10.3. The molecule has 0 aromatic carbocycles. The summed E-state index contributed by atoms with van der Waals surface area (Å²) in [6.45, 7) is 0.998. The van der Waals surface area contributed by atoms with E-state index < -0.39 is 10.0 Å². The van der Waals surface area contributed by atoms with Crippen LogP contribution in [-0.4, -0.2) is 56.9 Å². The minimum Gasteiger partial charge on any atom is -0.265 e. The molecule has 0 aliphatic carbocycles. The van der Waals surface area contributed by atoms with Crippen molar-refractivity contribution >= 4 is 26.3 Å². The number of aromatic nitrogens is 5. The van der Waals surface area contributed by atoms with Gasteiger partial charge in [0, 0.05) is 37.0 Å². The van der Waals surface area contributed by atoms with Gasteiger partial charge in [-0.3, -0.25) is 4.98 Å². The molecule has 24 heavy (non-hydrogen) atoms. The Bertz CT molecular complexity index is 966. The van der Waals surface area contributed by atoms with Gasteiger partial charge in [0.1, 0.15) is 5.01 Å². The van der Waals surface area contributed by atoms with Crippen LogP contribution in [0.5, 0.6) is 0 Å². The van der Waals surface area contributed by atoms with E-state index in [0.717, 1.165) is 29.2 Å². The number of nitrogens with zero attached hydrogens (tertiary/aromatic N) is 6. The average Bonchev–Trinajstić information content (AvgIpc) is 3.15. The SMILES string of the molecule is CS(=O)(=O)N1CCCC(c2nnc3sc(-c4ccncc4)nn23)C1. The zero-order chi connectivity index (χ0) is 16.7. The summed E-state index contributed by atoms with van der Waals surface area (Å²) < 4.78 is 26.9. The number of piperidine rings is 1. The van der Waals surface area contributed by atoms with Gasteiger partial charge in [0.15, 0.2) is 5.82 Å². The maximum atomic E-state index is 11.8. The van der Waals surface area contributed by atoms with Gasteiger partial charge in [-0.2, -0.15) is 9.61 Å². The van der Waals surface area contributed by atoms with Crippen molar-refractivity contribution in [2.24, 2.45) is 0 Å². The van der Waals surface area contributed by atoms with Crippen molar-refractivity contribution in [3.8, 4) is 10.6 Å². The monoisotopic (exact) mass is 364 g/mol. The van der Waals surface area contributed by atoms with E-state index in [0.29, 0.717) is 18.1 Å². The van der Waals surface area contributed by atoms with Crippen LogP contribution in [0.4, 0.5) is 0 Å². The van der Waals surface area contributed by atoms with Crippen LogP contribution in [0.25, 0.3) is 15.5 Å². The summed E-state index contributed by atoms with van der Waals surface area (Å²) in [6, 6.07) is 3.80. The molecule has 3 aromatic rings. The van der Waals surface area contributed by atoms with Gasteiger partial charge in [0.05, 0.1) is 6.26 Å². The van der Waals surface area contributed by atoms with Crippen molar-refractivity contribution in [2.45, 2.75) is 18.8 Å². The molecule has 8 nitrogen and oxygen atoms in total. The first-order chi connectivity index (χ1) is 11.5. The summed E-state index contributed by atoms with van der Waals surface area (Å²) >= 11 is 1.46. The lowest BCUT2D eigenvalue weighted by molar-refractivity contribution is 0.309. The number of rotatable bonds is 3. The third-order valence-electron chi connectivity index (χ3n) is 4.16. The first-order valence-electron chi connectivity index (χ1n) is 7.60. The molecule has 0 amide bonds. The van der Waals surface area contributed by atoms with Crippen LogP contribution in [0, 0.1) is 0 Å². The van der Waals surface area contributed by atoms with Gasteiger partial charge in [0.2, 0.25) is 15.0 Å². The van der Waals surface area contributed by atoms with Gasteiger partial charge in [-0.1, -0.05) is 11.3 Å². The fourth-order valence-corrected chi connectivity index (χ4v) is 4.72. The highest BCUT2D eigenvalue weighted by molar-refractivity contribution is 7.88. The van der Waals surface area contributed by atoms with Crippen LogP contribution in [0.3, 0.4) is 0 Å². The summed E-state index contributed by atoms with van der Waals surface area (Å²) in [5.74, 6) is 0.741. The molecule has 4 rings (SSSR count). The van der Waals surface area contributed by atoms with E-state index in [1.54, 1.807) is 16.9 Å². The second kappa shape index (κ2) is 5.87. The second-order valence-corrected chi connectivity index (χ2v) is 8.79. The topological polar surface area (TPSA) is 93.4 Å². The average molecular weight is 364 g/mol. The summed E-state index contributed by atoms with van der Waals surface area (Å²) in [7, 11) is -3.19. The Hall–Kier alpha value is -1.91. The molecule has 1 aliphatic heterocycles. The van der Waals surface area contributed by atoms with Crippen LogP contribution in [0.2, 0.25) is 0 Å². The van der Waals surface area contributed by atoms with Crippen LogP contribution in [-0.2, 0) is 10.0 Å². The highest BCUT2D eigenvalue weighted by Gasteiger charge is 2.30. The maximum Gasteiger partial charge on any atom is 0.234 e. The van der Waals surface area contributed by atoms with Gasteiger partial charge in [-0.25, -0.2) is 12.7 Å². The molecule has 1 atom stereocenters. The molecule has 0 N–H and O–H groups in total. The molecule has 3 aromatic heterocycles. The third-order valence-corrected chi connectivity index (χ3v) is 6.38. The Morgan fingerprint density at radius 2 is 2.04 bits per heavy atom. The standard InChI is InChI=1S/C14H16N6O2S2/c1-24(21,22)19-8-2-3-11(9-19)12-16-17-14-20(12)18-13(23-14)10-4-6-15-7-5-10/h4-7,11H,2-3,8-9H2,1H3. The molecule has 0 spiro atoms. The molecule has 0 radical (unpaired) electrons. The van der Waals surface area contributed by atoms with E-state index in [1.807, 2.05) is 12.1 Å². The van der Waals surface area contributed by atoms with E-state index in [1.165, 1.54) is 21.9 Å². The first kappa shape index (κ1) is 15.6. The Kier molecular flexibility index (Phi) is 3.82.